The van der Waals surface area contributed by atoms with Crippen molar-refractivity contribution in [2.24, 2.45) is 0 Å². The second-order valence-corrected chi connectivity index (χ2v) is 4.90. The molecule has 112 valence electrons. The second kappa shape index (κ2) is 5.96. The molecule has 1 fully saturated rings. The van der Waals surface area contributed by atoms with Gasteiger partial charge in [0.1, 0.15) is 11.6 Å². The van der Waals surface area contributed by atoms with E-state index >= 15 is 0 Å². The van der Waals surface area contributed by atoms with E-state index in [0.29, 0.717) is 11.8 Å². The van der Waals surface area contributed by atoms with Gasteiger partial charge in [-0.2, -0.15) is 15.1 Å². The first-order valence-corrected chi connectivity index (χ1v) is 6.92. The molecule has 1 aliphatic heterocycles. The summed E-state index contributed by atoms with van der Waals surface area (Å²) >= 11 is 0. The van der Waals surface area contributed by atoms with E-state index in [1.165, 1.54) is 0 Å². The number of rotatable bonds is 4. The minimum Gasteiger partial charge on any atom is -0.467 e. The molecule has 1 saturated heterocycles. The van der Waals surface area contributed by atoms with Crippen molar-refractivity contribution in [3.63, 3.8) is 0 Å². The van der Waals surface area contributed by atoms with Gasteiger partial charge in [-0.1, -0.05) is 0 Å². The Morgan fingerprint density at radius 1 is 1.19 bits per heavy atom. The molecule has 1 aliphatic rings. The van der Waals surface area contributed by atoms with Crippen molar-refractivity contribution in [1.29, 1.82) is 0 Å². The maximum atomic E-state index is 5.20. The Morgan fingerprint density at radius 3 is 2.67 bits per heavy atom. The van der Waals surface area contributed by atoms with Crippen molar-refractivity contribution in [2.45, 2.75) is 6.92 Å². The van der Waals surface area contributed by atoms with Gasteiger partial charge in [0.25, 0.3) is 0 Å². The molecule has 0 unspecified atom stereocenters. The topological polar surface area (TPSA) is 91.0 Å². The van der Waals surface area contributed by atoms with Crippen molar-refractivity contribution >= 4 is 17.5 Å². The van der Waals surface area contributed by atoms with E-state index in [0.717, 1.165) is 43.5 Å². The monoisotopic (exact) mass is 289 g/mol. The number of piperazine rings is 1. The first-order chi connectivity index (χ1) is 10.2. The van der Waals surface area contributed by atoms with Gasteiger partial charge in [0.15, 0.2) is 5.82 Å². The van der Waals surface area contributed by atoms with Crippen LogP contribution < -0.4 is 20.3 Å². The van der Waals surface area contributed by atoms with Crippen LogP contribution in [-0.4, -0.2) is 53.5 Å². The molecule has 0 saturated carbocycles. The minimum atomic E-state index is 0.348. The molecular formula is C13H19N7O. The van der Waals surface area contributed by atoms with Crippen molar-refractivity contribution in [3.8, 4) is 6.01 Å². The molecular weight excluding hydrogens is 270 g/mol. The lowest BCUT2D eigenvalue weighted by Crippen LogP contribution is -2.43. The second-order valence-electron chi connectivity index (χ2n) is 4.90. The molecule has 0 aliphatic carbocycles. The first kappa shape index (κ1) is 13.6. The molecule has 8 nitrogen and oxygen atoms in total. The third-order valence-electron chi connectivity index (χ3n) is 3.28. The Labute approximate surface area is 122 Å². The largest absolute Gasteiger partial charge is 0.467 e. The standard InChI is InChI=1S/C13H19N7O/c1-9-7-11(19-18-9)15-10-8-12(17-13(16-10)21-2)20-5-3-14-4-6-20/h7-8,14H,3-6H2,1-2H3,(H2,15,16,17,18,19). The summed E-state index contributed by atoms with van der Waals surface area (Å²) in [6, 6.07) is 4.18. The average molecular weight is 289 g/mol. The quantitative estimate of drug-likeness (QED) is 0.762. The Hall–Kier alpha value is -2.35. The van der Waals surface area contributed by atoms with Gasteiger partial charge in [0.2, 0.25) is 0 Å². The molecule has 21 heavy (non-hydrogen) atoms. The number of aromatic nitrogens is 4. The van der Waals surface area contributed by atoms with Crippen LogP contribution in [0.5, 0.6) is 6.01 Å². The SMILES string of the molecule is COc1nc(Nc2cc(C)[nH]n2)cc(N2CCNCC2)n1. The Morgan fingerprint density at radius 2 is 2.00 bits per heavy atom. The first-order valence-electron chi connectivity index (χ1n) is 6.92. The van der Waals surface area contributed by atoms with Crippen molar-refractivity contribution in [3.05, 3.63) is 17.8 Å². The van der Waals surface area contributed by atoms with Gasteiger partial charge in [0, 0.05) is 44.0 Å². The molecule has 3 rings (SSSR count). The average Bonchev–Trinajstić information content (AvgIpc) is 2.93. The van der Waals surface area contributed by atoms with E-state index in [1.807, 2.05) is 19.1 Å². The van der Waals surface area contributed by atoms with Crippen LogP contribution in [0.3, 0.4) is 0 Å². The maximum absolute atomic E-state index is 5.20. The number of ether oxygens (including phenoxy) is 1. The lowest BCUT2D eigenvalue weighted by Gasteiger charge is -2.28. The van der Waals surface area contributed by atoms with Crippen LogP contribution in [0.2, 0.25) is 0 Å². The predicted molar refractivity (Wildman–Crippen MR) is 80.3 cm³/mol. The smallest absolute Gasteiger partial charge is 0.320 e. The molecule has 0 spiro atoms. The number of H-pyrrole nitrogens is 1. The van der Waals surface area contributed by atoms with E-state index in [-0.39, 0.29) is 0 Å². The van der Waals surface area contributed by atoms with Crippen LogP contribution in [0.1, 0.15) is 5.69 Å². The molecule has 0 amide bonds. The van der Waals surface area contributed by atoms with Crippen molar-refractivity contribution in [1.82, 2.24) is 25.5 Å². The number of nitrogens with one attached hydrogen (secondary N) is 3. The number of aromatic amines is 1. The zero-order valence-electron chi connectivity index (χ0n) is 12.2. The van der Waals surface area contributed by atoms with E-state index in [9.17, 15) is 0 Å². The summed E-state index contributed by atoms with van der Waals surface area (Å²) in [7, 11) is 1.57. The van der Waals surface area contributed by atoms with Gasteiger partial charge in [-0.25, -0.2) is 0 Å². The molecule has 0 bridgehead atoms. The fourth-order valence-electron chi connectivity index (χ4n) is 2.24. The van der Waals surface area contributed by atoms with Crippen LogP contribution in [0.25, 0.3) is 0 Å². The molecule has 3 N–H and O–H groups in total. The van der Waals surface area contributed by atoms with Crippen LogP contribution in [0, 0.1) is 6.92 Å². The van der Waals surface area contributed by atoms with Gasteiger partial charge < -0.3 is 20.3 Å². The number of hydrogen-bond donors (Lipinski definition) is 3. The van der Waals surface area contributed by atoms with E-state index in [4.69, 9.17) is 4.74 Å². The minimum absolute atomic E-state index is 0.348. The van der Waals surface area contributed by atoms with Crippen molar-refractivity contribution in [2.75, 3.05) is 43.5 Å². The molecule has 2 aromatic heterocycles. The number of aryl methyl sites for hydroxylation is 1. The highest BCUT2D eigenvalue weighted by Crippen LogP contribution is 2.22. The fourth-order valence-corrected chi connectivity index (χ4v) is 2.24. The zero-order valence-corrected chi connectivity index (χ0v) is 12.2. The highest BCUT2D eigenvalue weighted by Gasteiger charge is 2.15. The summed E-state index contributed by atoms with van der Waals surface area (Å²) in [5.41, 5.74) is 0.987. The number of nitrogens with zero attached hydrogens (tertiary/aromatic N) is 4. The summed E-state index contributed by atoms with van der Waals surface area (Å²) in [6.07, 6.45) is 0. The van der Waals surface area contributed by atoms with Crippen molar-refractivity contribution < 1.29 is 4.74 Å². The van der Waals surface area contributed by atoms with Gasteiger partial charge in [-0.15, -0.1) is 0 Å². The van der Waals surface area contributed by atoms with Crippen LogP contribution in [-0.2, 0) is 0 Å². The molecule has 3 heterocycles. The molecule has 8 heteroatoms. The summed E-state index contributed by atoms with van der Waals surface area (Å²) in [6.45, 7) is 5.69. The lowest BCUT2D eigenvalue weighted by atomic mass is 10.3. The number of hydrogen-bond acceptors (Lipinski definition) is 7. The third kappa shape index (κ3) is 3.22. The van der Waals surface area contributed by atoms with Crippen LogP contribution in [0.4, 0.5) is 17.5 Å². The molecule has 0 aromatic carbocycles. The summed E-state index contributed by atoms with van der Waals surface area (Å²) in [5, 5.41) is 13.5. The van der Waals surface area contributed by atoms with Gasteiger partial charge in [-0.3, -0.25) is 5.10 Å². The zero-order chi connectivity index (χ0) is 14.7. The van der Waals surface area contributed by atoms with E-state index in [1.54, 1.807) is 7.11 Å². The van der Waals surface area contributed by atoms with Gasteiger partial charge in [-0.05, 0) is 6.92 Å². The molecule has 0 atom stereocenters. The number of methoxy groups -OCH3 is 1. The summed E-state index contributed by atoms with van der Waals surface area (Å²) in [4.78, 5) is 10.9. The lowest BCUT2D eigenvalue weighted by molar-refractivity contribution is 0.380. The molecule has 2 aromatic rings. The van der Waals surface area contributed by atoms with E-state index in [2.05, 4.69) is 35.7 Å². The maximum Gasteiger partial charge on any atom is 0.320 e. The summed E-state index contributed by atoms with van der Waals surface area (Å²) in [5.74, 6) is 2.25. The molecule has 0 radical (unpaired) electrons. The Kier molecular flexibility index (Phi) is 3.87. The normalized spacial score (nSPS) is 15.0. The highest BCUT2D eigenvalue weighted by molar-refractivity contribution is 5.57. The number of anilines is 3. The van der Waals surface area contributed by atoms with Crippen LogP contribution in [0.15, 0.2) is 12.1 Å². The fraction of sp³-hybridized carbons (Fsp3) is 0.462. The van der Waals surface area contributed by atoms with Gasteiger partial charge >= 0.3 is 6.01 Å². The Bertz CT molecular complexity index is 606. The predicted octanol–water partition coefficient (Wildman–Crippen LogP) is 0.670. The Balaban J connectivity index is 1.85. The summed E-state index contributed by atoms with van der Waals surface area (Å²) < 4.78 is 5.20. The van der Waals surface area contributed by atoms with Gasteiger partial charge in [0.05, 0.1) is 7.11 Å². The highest BCUT2D eigenvalue weighted by atomic mass is 16.5. The van der Waals surface area contributed by atoms with E-state index < -0.39 is 0 Å². The third-order valence-corrected chi connectivity index (χ3v) is 3.28. The van der Waals surface area contributed by atoms with Crippen LogP contribution >= 0.6 is 0 Å².